The minimum Gasteiger partial charge on any atom is -0.395 e. The van der Waals surface area contributed by atoms with Gasteiger partial charge in [0, 0.05) is 12.1 Å². The van der Waals surface area contributed by atoms with Gasteiger partial charge in [0.1, 0.15) is 5.82 Å². The normalized spacial score (nSPS) is 10.5. The van der Waals surface area contributed by atoms with Gasteiger partial charge >= 0.3 is 0 Å². The molecular formula is C12H12N2OS2. The van der Waals surface area contributed by atoms with Gasteiger partial charge in [0.15, 0.2) is 0 Å². The molecule has 0 radical (unpaired) electrons. The Kier molecular flexibility index (Phi) is 3.93. The monoisotopic (exact) mass is 264 g/mol. The molecule has 0 atom stereocenters. The Morgan fingerprint density at radius 2 is 2.06 bits per heavy atom. The minimum absolute atomic E-state index is 0.0413. The second-order valence-electron chi connectivity index (χ2n) is 3.51. The summed E-state index contributed by atoms with van der Waals surface area (Å²) in [6.45, 7) is 0.500. The van der Waals surface area contributed by atoms with Crippen molar-refractivity contribution in [1.82, 2.24) is 9.55 Å². The molecule has 5 heteroatoms. The molecule has 0 amide bonds. The van der Waals surface area contributed by atoms with Crippen molar-refractivity contribution in [3.8, 4) is 11.4 Å². The highest BCUT2D eigenvalue weighted by Gasteiger charge is 2.12. The first-order valence-electron chi connectivity index (χ1n) is 5.19. The first-order valence-corrected chi connectivity index (χ1v) is 6.04. The Morgan fingerprint density at radius 1 is 1.35 bits per heavy atom. The Bertz CT molecular complexity index is 523. The van der Waals surface area contributed by atoms with E-state index in [2.05, 4.69) is 17.6 Å². The van der Waals surface area contributed by atoms with Gasteiger partial charge in [0.25, 0.3) is 0 Å². The molecule has 2 aromatic rings. The van der Waals surface area contributed by atoms with Crippen LogP contribution in [0.5, 0.6) is 0 Å². The molecule has 0 bridgehead atoms. The van der Waals surface area contributed by atoms with E-state index >= 15 is 0 Å². The van der Waals surface area contributed by atoms with Crippen molar-refractivity contribution in [3.63, 3.8) is 0 Å². The molecule has 0 aliphatic heterocycles. The number of thiol groups is 1. The summed E-state index contributed by atoms with van der Waals surface area (Å²) in [5.41, 5.74) is 1.76. The molecule has 0 fully saturated rings. The fraction of sp³-hybridized carbons (Fsp3) is 0.167. The maximum Gasteiger partial charge on any atom is 0.140 e. The molecule has 17 heavy (non-hydrogen) atoms. The summed E-state index contributed by atoms with van der Waals surface area (Å²) in [7, 11) is 0. The Labute approximate surface area is 111 Å². The fourth-order valence-corrected chi connectivity index (χ4v) is 2.03. The second-order valence-corrected chi connectivity index (χ2v) is 4.67. The van der Waals surface area contributed by atoms with E-state index < -0.39 is 0 Å². The Hall–Kier alpha value is -1.17. The third kappa shape index (κ3) is 2.57. The highest BCUT2D eigenvalue weighted by molar-refractivity contribution is 8.11. The van der Waals surface area contributed by atoms with Crippen LogP contribution in [0.2, 0.25) is 0 Å². The number of imidazole rings is 1. The van der Waals surface area contributed by atoms with Gasteiger partial charge in [-0.2, -0.15) is 0 Å². The van der Waals surface area contributed by atoms with Crippen LogP contribution in [0.3, 0.4) is 0 Å². The number of aliphatic hydroxyl groups excluding tert-OH is 1. The van der Waals surface area contributed by atoms with E-state index in [0.717, 1.165) is 17.1 Å². The quantitative estimate of drug-likeness (QED) is 0.656. The van der Waals surface area contributed by atoms with Gasteiger partial charge in [-0.1, -0.05) is 42.5 Å². The van der Waals surface area contributed by atoms with Gasteiger partial charge in [0.2, 0.25) is 0 Å². The van der Waals surface area contributed by atoms with E-state index in [-0.39, 0.29) is 6.61 Å². The molecule has 1 aromatic carbocycles. The Balaban J connectivity index is 2.51. The van der Waals surface area contributed by atoms with Gasteiger partial charge in [-0.05, 0) is 0 Å². The third-order valence-electron chi connectivity index (χ3n) is 2.43. The molecule has 0 saturated heterocycles. The summed E-state index contributed by atoms with van der Waals surface area (Å²) < 4.78 is 2.36. The molecule has 0 aliphatic rings. The van der Waals surface area contributed by atoms with Crippen LogP contribution in [0, 0.1) is 0 Å². The van der Waals surface area contributed by atoms with E-state index in [9.17, 15) is 0 Å². The van der Waals surface area contributed by atoms with Gasteiger partial charge in [0.05, 0.1) is 22.7 Å². The van der Waals surface area contributed by atoms with Crippen molar-refractivity contribution in [2.75, 3.05) is 6.61 Å². The van der Waals surface area contributed by atoms with Crippen LogP contribution in [0.1, 0.15) is 5.69 Å². The predicted molar refractivity (Wildman–Crippen MR) is 75.4 cm³/mol. The van der Waals surface area contributed by atoms with Crippen molar-refractivity contribution in [2.45, 2.75) is 6.54 Å². The third-order valence-corrected chi connectivity index (χ3v) is 2.87. The van der Waals surface area contributed by atoms with Gasteiger partial charge < -0.3 is 9.67 Å². The van der Waals surface area contributed by atoms with Crippen molar-refractivity contribution in [3.05, 3.63) is 42.2 Å². The highest BCUT2D eigenvalue weighted by Crippen LogP contribution is 2.20. The first kappa shape index (κ1) is 12.3. The number of rotatable bonds is 4. The van der Waals surface area contributed by atoms with Gasteiger partial charge in [-0.15, -0.1) is 12.6 Å². The van der Waals surface area contributed by atoms with Crippen LogP contribution in [0.4, 0.5) is 0 Å². The SMILES string of the molecule is OCCn1c(C(=S)S)cnc1-c1ccccc1. The molecule has 3 nitrogen and oxygen atoms in total. The molecule has 2 rings (SSSR count). The van der Waals surface area contributed by atoms with Crippen LogP contribution < -0.4 is 0 Å². The van der Waals surface area contributed by atoms with Crippen molar-refractivity contribution >= 4 is 29.0 Å². The van der Waals surface area contributed by atoms with Crippen molar-refractivity contribution in [1.29, 1.82) is 0 Å². The number of aliphatic hydroxyl groups is 1. The summed E-state index contributed by atoms with van der Waals surface area (Å²) in [6, 6.07) is 9.80. The molecule has 1 aromatic heterocycles. The van der Waals surface area contributed by atoms with Crippen molar-refractivity contribution < 1.29 is 5.11 Å². The largest absolute Gasteiger partial charge is 0.395 e. The van der Waals surface area contributed by atoms with E-state index in [0.29, 0.717) is 10.7 Å². The highest BCUT2D eigenvalue weighted by atomic mass is 32.1. The van der Waals surface area contributed by atoms with Crippen LogP contribution in [0.15, 0.2) is 36.5 Å². The molecule has 88 valence electrons. The second kappa shape index (κ2) is 5.44. The summed E-state index contributed by atoms with van der Waals surface area (Å²) in [5, 5.41) is 9.10. The number of aromatic nitrogens is 2. The fourth-order valence-electron chi connectivity index (χ4n) is 1.69. The number of nitrogens with zero attached hydrogens (tertiary/aromatic N) is 2. The van der Waals surface area contributed by atoms with Crippen LogP contribution in [0.25, 0.3) is 11.4 Å². The standard InChI is InChI=1S/C12H12N2OS2/c15-7-6-14-10(12(16)17)8-13-11(14)9-4-2-1-3-5-9/h1-5,8,15H,6-7H2,(H,16,17). The molecule has 1 heterocycles. The molecule has 0 unspecified atom stereocenters. The molecular weight excluding hydrogens is 252 g/mol. The summed E-state index contributed by atoms with van der Waals surface area (Å²) in [5.74, 6) is 0.797. The van der Waals surface area contributed by atoms with E-state index in [1.165, 1.54) is 0 Å². The Morgan fingerprint density at radius 3 is 2.65 bits per heavy atom. The van der Waals surface area contributed by atoms with E-state index in [4.69, 9.17) is 17.3 Å². The van der Waals surface area contributed by atoms with Gasteiger partial charge in [-0.3, -0.25) is 0 Å². The average molecular weight is 264 g/mol. The lowest BCUT2D eigenvalue weighted by Crippen LogP contribution is -2.09. The van der Waals surface area contributed by atoms with Crippen LogP contribution >= 0.6 is 24.8 Å². The van der Waals surface area contributed by atoms with E-state index in [1.807, 2.05) is 34.9 Å². The zero-order valence-corrected chi connectivity index (χ0v) is 10.8. The topological polar surface area (TPSA) is 38.0 Å². The molecule has 0 spiro atoms. The lowest BCUT2D eigenvalue weighted by atomic mass is 10.2. The summed E-state index contributed by atoms with van der Waals surface area (Å²) in [6.07, 6.45) is 1.69. The summed E-state index contributed by atoms with van der Waals surface area (Å²) >= 11 is 9.21. The van der Waals surface area contributed by atoms with Crippen LogP contribution in [-0.2, 0) is 6.54 Å². The molecule has 1 N–H and O–H groups in total. The minimum atomic E-state index is 0.0413. The number of benzene rings is 1. The van der Waals surface area contributed by atoms with Crippen molar-refractivity contribution in [2.24, 2.45) is 0 Å². The molecule has 0 aliphatic carbocycles. The summed E-state index contributed by atoms with van der Waals surface area (Å²) in [4.78, 5) is 4.34. The molecule has 0 saturated carbocycles. The van der Waals surface area contributed by atoms with Gasteiger partial charge in [-0.25, -0.2) is 4.98 Å². The maximum atomic E-state index is 9.10. The lowest BCUT2D eigenvalue weighted by molar-refractivity contribution is 0.276. The lowest BCUT2D eigenvalue weighted by Gasteiger charge is -2.09. The zero-order valence-electron chi connectivity index (χ0n) is 9.08. The van der Waals surface area contributed by atoms with E-state index in [1.54, 1.807) is 6.20 Å². The van der Waals surface area contributed by atoms with Crippen LogP contribution in [-0.4, -0.2) is 25.5 Å². The predicted octanol–water partition coefficient (Wildman–Crippen LogP) is 2.15. The maximum absolute atomic E-state index is 9.10. The average Bonchev–Trinajstić information content (AvgIpc) is 2.75. The zero-order chi connectivity index (χ0) is 12.3. The number of hydrogen-bond acceptors (Lipinski definition) is 3. The smallest absolute Gasteiger partial charge is 0.140 e. The number of hydrogen-bond donors (Lipinski definition) is 2. The number of thiocarbonyl (C=S) groups is 1. The first-order chi connectivity index (χ1) is 8.24.